The molecule has 5 heteroatoms. The highest BCUT2D eigenvalue weighted by molar-refractivity contribution is 7.18. The van der Waals surface area contributed by atoms with E-state index < -0.39 is 0 Å². The minimum Gasteiger partial charge on any atom is -0.494 e. The van der Waals surface area contributed by atoms with Crippen LogP contribution >= 0.6 is 11.3 Å². The molecule has 0 radical (unpaired) electrons. The molecular formula is C19H18N2O2S. The lowest BCUT2D eigenvalue weighted by atomic mass is 10.2. The maximum Gasteiger partial charge on any atom is 0.244 e. The predicted molar refractivity (Wildman–Crippen MR) is 98.1 cm³/mol. The summed E-state index contributed by atoms with van der Waals surface area (Å²) in [6.45, 7) is 3.03. The van der Waals surface area contributed by atoms with Crippen molar-refractivity contribution in [3.8, 4) is 5.75 Å². The molecule has 3 aromatic rings. The van der Waals surface area contributed by atoms with Crippen LogP contribution in [0.5, 0.6) is 5.75 Å². The average Bonchev–Trinajstić information content (AvgIpc) is 3.02. The number of rotatable bonds is 6. The first kappa shape index (κ1) is 16.2. The maximum atomic E-state index is 11.9. The summed E-state index contributed by atoms with van der Waals surface area (Å²) in [7, 11) is 0. The predicted octanol–water partition coefficient (Wildman–Crippen LogP) is 4.02. The van der Waals surface area contributed by atoms with Gasteiger partial charge in [-0.1, -0.05) is 24.3 Å². The standard InChI is InChI=1S/C19H18N2O2S/c1-2-23-15-10-7-14(8-11-15)9-12-18(22)20-13-19-21-16-5-3-4-6-17(16)24-19/h3-12H,2,13H2,1H3,(H,20,22)/b12-9+. The van der Waals surface area contributed by atoms with Crippen LogP contribution in [0.25, 0.3) is 16.3 Å². The molecule has 2 aromatic carbocycles. The molecule has 0 spiro atoms. The number of hydrogen-bond acceptors (Lipinski definition) is 4. The van der Waals surface area contributed by atoms with E-state index in [-0.39, 0.29) is 5.91 Å². The summed E-state index contributed by atoms with van der Waals surface area (Å²) in [4.78, 5) is 16.4. The van der Waals surface area contributed by atoms with E-state index in [0.29, 0.717) is 13.2 Å². The van der Waals surface area contributed by atoms with Crippen molar-refractivity contribution >= 4 is 33.5 Å². The summed E-state index contributed by atoms with van der Waals surface area (Å²) in [5, 5.41) is 3.76. The van der Waals surface area contributed by atoms with Gasteiger partial charge in [0.15, 0.2) is 0 Å². The van der Waals surface area contributed by atoms with Crippen molar-refractivity contribution in [3.63, 3.8) is 0 Å². The summed E-state index contributed by atoms with van der Waals surface area (Å²) in [6, 6.07) is 15.6. The van der Waals surface area contributed by atoms with E-state index in [0.717, 1.165) is 26.5 Å². The van der Waals surface area contributed by atoms with Crippen LogP contribution in [0.2, 0.25) is 0 Å². The molecule has 1 aromatic heterocycles. The number of carbonyl (C=O) groups excluding carboxylic acids is 1. The van der Waals surface area contributed by atoms with Gasteiger partial charge >= 0.3 is 0 Å². The highest BCUT2D eigenvalue weighted by Gasteiger charge is 2.04. The molecule has 0 unspecified atom stereocenters. The number of carbonyl (C=O) groups is 1. The molecule has 1 amide bonds. The number of fused-ring (bicyclic) bond motifs is 1. The minimum atomic E-state index is -0.136. The molecule has 0 aliphatic carbocycles. The molecule has 0 fully saturated rings. The Kier molecular flexibility index (Phi) is 5.23. The van der Waals surface area contributed by atoms with E-state index >= 15 is 0 Å². The third kappa shape index (κ3) is 4.20. The third-order valence-electron chi connectivity index (χ3n) is 3.37. The summed E-state index contributed by atoms with van der Waals surface area (Å²) >= 11 is 1.60. The number of ether oxygens (including phenoxy) is 1. The van der Waals surface area contributed by atoms with Gasteiger partial charge in [-0.25, -0.2) is 4.98 Å². The fourth-order valence-electron chi connectivity index (χ4n) is 2.23. The topological polar surface area (TPSA) is 51.2 Å². The van der Waals surface area contributed by atoms with E-state index in [1.807, 2.05) is 55.5 Å². The largest absolute Gasteiger partial charge is 0.494 e. The van der Waals surface area contributed by atoms with Gasteiger partial charge in [-0.3, -0.25) is 4.79 Å². The molecule has 122 valence electrons. The van der Waals surface area contributed by atoms with Gasteiger partial charge in [-0.2, -0.15) is 0 Å². The van der Waals surface area contributed by atoms with Gasteiger partial charge in [0, 0.05) is 6.08 Å². The van der Waals surface area contributed by atoms with E-state index in [9.17, 15) is 4.79 Å². The molecule has 0 aliphatic heterocycles. The fourth-order valence-corrected chi connectivity index (χ4v) is 3.14. The number of amides is 1. The molecule has 24 heavy (non-hydrogen) atoms. The van der Waals surface area contributed by atoms with Crippen LogP contribution in [0.1, 0.15) is 17.5 Å². The van der Waals surface area contributed by atoms with Crippen molar-refractivity contribution < 1.29 is 9.53 Å². The van der Waals surface area contributed by atoms with E-state index in [1.54, 1.807) is 17.4 Å². The van der Waals surface area contributed by atoms with Crippen molar-refractivity contribution in [1.29, 1.82) is 0 Å². The molecular weight excluding hydrogens is 320 g/mol. The van der Waals surface area contributed by atoms with Gasteiger partial charge < -0.3 is 10.1 Å². The van der Waals surface area contributed by atoms with Crippen molar-refractivity contribution in [1.82, 2.24) is 10.3 Å². The summed E-state index contributed by atoms with van der Waals surface area (Å²) in [5.74, 6) is 0.693. The second-order valence-electron chi connectivity index (χ2n) is 5.13. The van der Waals surface area contributed by atoms with Gasteiger partial charge in [0.1, 0.15) is 10.8 Å². The Morgan fingerprint density at radius 3 is 2.75 bits per heavy atom. The molecule has 0 saturated carbocycles. The highest BCUT2D eigenvalue weighted by Crippen LogP contribution is 2.21. The van der Waals surface area contributed by atoms with Gasteiger partial charge in [0.2, 0.25) is 5.91 Å². The van der Waals surface area contributed by atoms with Crippen molar-refractivity contribution in [2.45, 2.75) is 13.5 Å². The Morgan fingerprint density at radius 1 is 1.21 bits per heavy atom. The van der Waals surface area contributed by atoms with Crippen molar-refractivity contribution in [3.05, 3.63) is 65.2 Å². The molecule has 0 atom stereocenters. The molecule has 1 N–H and O–H groups in total. The Hall–Kier alpha value is -2.66. The Labute approximate surface area is 144 Å². The lowest BCUT2D eigenvalue weighted by molar-refractivity contribution is -0.116. The number of benzene rings is 2. The summed E-state index contributed by atoms with van der Waals surface area (Å²) in [5.41, 5.74) is 1.92. The summed E-state index contributed by atoms with van der Waals surface area (Å²) < 4.78 is 6.52. The monoisotopic (exact) mass is 338 g/mol. The molecule has 1 heterocycles. The van der Waals surface area contributed by atoms with E-state index in [2.05, 4.69) is 10.3 Å². The first-order valence-corrected chi connectivity index (χ1v) is 8.59. The van der Waals surface area contributed by atoms with Crippen LogP contribution in [0.15, 0.2) is 54.6 Å². The fraction of sp³-hybridized carbons (Fsp3) is 0.158. The number of thiazole rings is 1. The zero-order chi connectivity index (χ0) is 16.8. The average molecular weight is 338 g/mol. The Balaban J connectivity index is 1.54. The summed E-state index contributed by atoms with van der Waals surface area (Å²) in [6.07, 6.45) is 3.31. The van der Waals surface area contributed by atoms with Crippen LogP contribution in [0.4, 0.5) is 0 Å². The third-order valence-corrected chi connectivity index (χ3v) is 4.41. The molecule has 0 aliphatic rings. The number of aromatic nitrogens is 1. The molecule has 4 nitrogen and oxygen atoms in total. The van der Waals surface area contributed by atoms with Crippen LogP contribution < -0.4 is 10.1 Å². The van der Waals surface area contributed by atoms with Crippen LogP contribution in [-0.4, -0.2) is 17.5 Å². The number of para-hydroxylation sites is 1. The van der Waals surface area contributed by atoms with Gasteiger partial charge in [0.05, 0.1) is 23.4 Å². The number of nitrogens with zero attached hydrogens (tertiary/aromatic N) is 1. The number of nitrogens with one attached hydrogen (secondary N) is 1. The zero-order valence-corrected chi connectivity index (χ0v) is 14.2. The SMILES string of the molecule is CCOc1ccc(/C=C/C(=O)NCc2nc3ccccc3s2)cc1. The lowest BCUT2D eigenvalue weighted by Gasteiger charge is -2.02. The first-order valence-electron chi connectivity index (χ1n) is 7.78. The zero-order valence-electron chi connectivity index (χ0n) is 13.4. The van der Waals surface area contributed by atoms with E-state index in [4.69, 9.17) is 4.74 Å². The van der Waals surface area contributed by atoms with Gasteiger partial charge in [-0.15, -0.1) is 11.3 Å². The highest BCUT2D eigenvalue weighted by atomic mass is 32.1. The Morgan fingerprint density at radius 2 is 2.00 bits per heavy atom. The van der Waals surface area contributed by atoms with Gasteiger partial charge in [0.25, 0.3) is 0 Å². The van der Waals surface area contributed by atoms with Crippen molar-refractivity contribution in [2.75, 3.05) is 6.61 Å². The van der Waals surface area contributed by atoms with Crippen LogP contribution in [0.3, 0.4) is 0 Å². The number of hydrogen-bond donors (Lipinski definition) is 1. The first-order chi connectivity index (χ1) is 11.7. The molecule has 3 rings (SSSR count). The molecule has 0 saturated heterocycles. The van der Waals surface area contributed by atoms with Crippen LogP contribution in [0, 0.1) is 0 Å². The quantitative estimate of drug-likeness (QED) is 0.691. The van der Waals surface area contributed by atoms with E-state index in [1.165, 1.54) is 6.08 Å². The van der Waals surface area contributed by atoms with Gasteiger partial charge in [-0.05, 0) is 42.8 Å². The minimum absolute atomic E-state index is 0.136. The second kappa shape index (κ2) is 7.75. The van der Waals surface area contributed by atoms with Crippen LogP contribution in [-0.2, 0) is 11.3 Å². The Bertz CT molecular complexity index is 820. The van der Waals surface area contributed by atoms with Crippen molar-refractivity contribution in [2.24, 2.45) is 0 Å². The maximum absolute atomic E-state index is 11.9. The normalized spacial score (nSPS) is 11.0. The lowest BCUT2D eigenvalue weighted by Crippen LogP contribution is -2.19. The molecule has 0 bridgehead atoms. The second-order valence-corrected chi connectivity index (χ2v) is 6.24. The smallest absolute Gasteiger partial charge is 0.244 e.